The van der Waals surface area contributed by atoms with Crippen LogP contribution in [0.15, 0.2) is 38.8 Å². The Morgan fingerprint density at radius 3 is 2.75 bits per heavy atom. The maximum atomic E-state index is 11.3. The molecule has 1 aromatic heterocycles. The number of carbonyl (C=O) groups is 1. The quantitative estimate of drug-likeness (QED) is 0.669. The summed E-state index contributed by atoms with van der Waals surface area (Å²) in [6.45, 7) is 1.64. The van der Waals surface area contributed by atoms with Crippen LogP contribution in [0.1, 0.15) is 11.5 Å². The fraction of sp³-hybridized carbons (Fsp3) is 0.154. The number of para-hydroxylation sites is 1. The first kappa shape index (κ1) is 14.1. The molecule has 0 amide bonds. The van der Waals surface area contributed by atoms with Gasteiger partial charge in [-0.05, 0) is 23.9 Å². The van der Waals surface area contributed by atoms with Gasteiger partial charge in [-0.3, -0.25) is 0 Å². The van der Waals surface area contributed by atoms with Gasteiger partial charge in [-0.15, -0.1) is 10.2 Å². The largest absolute Gasteiger partial charge is 0.496 e. The normalized spacial score (nSPS) is 11.4. The van der Waals surface area contributed by atoms with Crippen LogP contribution in [0, 0.1) is 6.92 Å². The summed E-state index contributed by atoms with van der Waals surface area (Å²) in [4.78, 5) is 11.4. The Bertz CT molecular complexity index is 651. The Kier molecular flexibility index (Phi) is 4.41. The molecule has 0 radical (unpaired) electrons. The number of hydrogen-bond donors (Lipinski definition) is 1. The standard InChI is InChI=1S/C13H12N2O4S/c1-8-14-15-13(19-8)20-11(12(16)17)7-9-5-3-4-6-10(9)18-2/h3-7H,1-2H3,(H,16,17)/b11-7-. The number of rotatable bonds is 5. The third kappa shape index (κ3) is 3.39. The van der Waals surface area contributed by atoms with E-state index in [4.69, 9.17) is 9.15 Å². The summed E-state index contributed by atoms with van der Waals surface area (Å²) in [6, 6.07) is 7.13. The van der Waals surface area contributed by atoms with Gasteiger partial charge in [-0.25, -0.2) is 4.79 Å². The van der Waals surface area contributed by atoms with Crippen LogP contribution in [0.2, 0.25) is 0 Å². The molecule has 0 bridgehead atoms. The van der Waals surface area contributed by atoms with Crippen LogP contribution in [-0.2, 0) is 4.79 Å². The maximum absolute atomic E-state index is 11.3. The molecule has 2 aromatic rings. The minimum Gasteiger partial charge on any atom is -0.496 e. The van der Waals surface area contributed by atoms with E-state index in [2.05, 4.69) is 10.2 Å². The molecule has 0 saturated carbocycles. The van der Waals surface area contributed by atoms with Crippen molar-refractivity contribution in [3.63, 3.8) is 0 Å². The van der Waals surface area contributed by atoms with Crippen molar-refractivity contribution in [2.45, 2.75) is 12.1 Å². The van der Waals surface area contributed by atoms with Gasteiger partial charge in [0.1, 0.15) is 10.7 Å². The second-order valence-electron chi connectivity index (χ2n) is 3.74. The number of carboxylic acids is 1. The molecule has 1 heterocycles. The molecule has 0 aliphatic heterocycles. The van der Waals surface area contributed by atoms with Gasteiger partial charge in [0.15, 0.2) is 0 Å². The Morgan fingerprint density at radius 2 is 2.15 bits per heavy atom. The minimum atomic E-state index is -1.07. The average molecular weight is 292 g/mol. The summed E-state index contributed by atoms with van der Waals surface area (Å²) in [5, 5.41) is 16.9. The first-order valence-electron chi connectivity index (χ1n) is 5.66. The smallest absolute Gasteiger partial charge is 0.342 e. The van der Waals surface area contributed by atoms with Crippen molar-refractivity contribution < 1.29 is 19.1 Å². The number of benzene rings is 1. The van der Waals surface area contributed by atoms with Gasteiger partial charge >= 0.3 is 5.97 Å². The number of thioether (sulfide) groups is 1. The number of nitrogens with zero attached hydrogens (tertiary/aromatic N) is 2. The highest BCUT2D eigenvalue weighted by molar-refractivity contribution is 8.03. The third-order valence-corrected chi connectivity index (χ3v) is 3.19. The molecule has 0 aliphatic carbocycles. The molecule has 104 valence electrons. The molecule has 2 rings (SSSR count). The van der Waals surface area contributed by atoms with E-state index >= 15 is 0 Å². The number of hydrogen-bond acceptors (Lipinski definition) is 6. The van der Waals surface area contributed by atoms with Gasteiger partial charge in [0, 0.05) is 12.5 Å². The number of aryl methyl sites for hydroxylation is 1. The number of carboxylic acid groups (broad SMARTS) is 1. The Hall–Kier alpha value is -2.28. The zero-order chi connectivity index (χ0) is 14.5. The number of methoxy groups -OCH3 is 1. The second kappa shape index (κ2) is 6.25. The minimum absolute atomic E-state index is 0.0677. The SMILES string of the molecule is COc1ccccc1/C=C(\Sc1nnc(C)o1)C(=O)O. The molecule has 0 spiro atoms. The van der Waals surface area contributed by atoms with E-state index in [9.17, 15) is 9.90 Å². The summed E-state index contributed by atoms with van der Waals surface area (Å²) >= 11 is 0.897. The van der Waals surface area contributed by atoms with E-state index in [1.807, 2.05) is 6.07 Å². The van der Waals surface area contributed by atoms with Gasteiger partial charge in [0.05, 0.1) is 7.11 Å². The van der Waals surface area contributed by atoms with Crippen molar-refractivity contribution in [3.05, 3.63) is 40.6 Å². The molecule has 1 aromatic carbocycles. The van der Waals surface area contributed by atoms with Crippen molar-refractivity contribution in [3.8, 4) is 5.75 Å². The molecular weight excluding hydrogens is 280 g/mol. The van der Waals surface area contributed by atoms with Gasteiger partial charge in [0.25, 0.3) is 5.22 Å². The monoisotopic (exact) mass is 292 g/mol. The van der Waals surface area contributed by atoms with Gasteiger partial charge in [0.2, 0.25) is 5.89 Å². The molecule has 0 aliphatic rings. The molecule has 1 N–H and O–H groups in total. The van der Waals surface area contributed by atoms with Crippen LogP contribution in [0.25, 0.3) is 6.08 Å². The highest BCUT2D eigenvalue weighted by Crippen LogP contribution is 2.29. The number of ether oxygens (including phenoxy) is 1. The van der Waals surface area contributed by atoms with Crippen LogP contribution >= 0.6 is 11.8 Å². The third-order valence-electron chi connectivity index (χ3n) is 2.34. The zero-order valence-corrected chi connectivity index (χ0v) is 11.7. The van der Waals surface area contributed by atoms with E-state index in [1.54, 1.807) is 25.1 Å². The van der Waals surface area contributed by atoms with E-state index in [1.165, 1.54) is 13.2 Å². The Labute approximate surface area is 119 Å². The summed E-state index contributed by atoms with van der Waals surface area (Å²) < 4.78 is 10.3. The summed E-state index contributed by atoms with van der Waals surface area (Å²) in [5.41, 5.74) is 0.663. The van der Waals surface area contributed by atoms with E-state index in [0.717, 1.165) is 11.8 Å². The van der Waals surface area contributed by atoms with Crippen molar-refractivity contribution >= 4 is 23.8 Å². The lowest BCUT2D eigenvalue weighted by Crippen LogP contribution is -1.97. The fourth-order valence-electron chi connectivity index (χ4n) is 1.48. The van der Waals surface area contributed by atoms with Crippen molar-refractivity contribution in [1.29, 1.82) is 0 Å². The van der Waals surface area contributed by atoms with E-state index in [-0.39, 0.29) is 10.1 Å². The predicted octanol–water partition coefficient (Wildman–Crippen LogP) is 2.60. The lowest BCUT2D eigenvalue weighted by atomic mass is 10.2. The molecule has 0 saturated heterocycles. The van der Waals surface area contributed by atoms with E-state index in [0.29, 0.717) is 17.2 Å². The van der Waals surface area contributed by atoms with Gasteiger partial charge in [-0.2, -0.15) is 0 Å². The lowest BCUT2D eigenvalue weighted by molar-refractivity contribution is -0.131. The van der Waals surface area contributed by atoms with E-state index < -0.39 is 5.97 Å². The molecule has 7 heteroatoms. The highest BCUT2D eigenvalue weighted by Gasteiger charge is 2.15. The molecular formula is C13H12N2O4S. The first-order chi connectivity index (χ1) is 9.60. The number of aromatic nitrogens is 2. The number of aliphatic carboxylic acids is 1. The highest BCUT2D eigenvalue weighted by atomic mass is 32.2. The van der Waals surface area contributed by atoms with Crippen molar-refractivity contribution in [1.82, 2.24) is 10.2 Å². The van der Waals surface area contributed by atoms with Crippen LogP contribution in [-0.4, -0.2) is 28.4 Å². The van der Waals surface area contributed by atoms with Gasteiger partial charge in [-0.1, -0.05) is 18.2 Å². The maximum Gasteiger partial charge on any atom is 0.342 e. The molecule has 0 fully saturated rings. The Morgan fingerprint density at radius 1 is 1.40 bits per heavy atom. The second-order valence-corrected chi connectivity index (χ2v) is 4.74. The molecule has 0 unspecified atom stereocenters. The van der Waals surface area contributed by atoms with Crippen molar-refractivity contribution in [2.24, 2.45) is 0 Å². The fourth-order valence-corrected chi connectivity index (χ4v) is 2.18. The van der Waals surface area contributed by atoms with Crippen molar-refractivity contribution in [2.75, 3.05) is 7.11 Å². The van der Waals surface area contributed by atoms with Crippen LogP contribution in [0.3, 0.4) is 0 Å². The summed E-state index contributed by atoms with van der Waals surface area (Å²) in [6.07, 6.45) is 1.51. The average Bonchev–Trinajstić information content (AvgIpc) is 2.84. The van der Waals surface area contributed by atoms with Gasteiger partial charge < -0.3 is 14.3 Å². The first-order valence-corrected chi connectivity index (χ1v) is 6.48. The topological polar surface area (TPSA) is 85.5 Å². The summed E-state index contributed by atoms with van der Waals surface area (Å²) in [7, 11) is 1.53. The Balaban J connectivity index is 2.32. The predicted molar refractivity (Wildman–Crippen MR) is 73.5 cm³/mol. The van der Waals surface area contributed by atoms with Crippen LogP contribution < -0.4 is 4.74 Å². The van der Waals surface area contributed by atoms with Crippen LogP contribution in [0.5, 0.6) is 5.75 Å². The summed E-state index contributed by atoms with van der Waals surface area (Å²) in [5.74, 6) is -0.0974. The lowest BCUT2D eigenvalue weighted by Gasteiger charge is -2.05. The zero-order valence-electron chi connectivity index (χ0n) is 10.9. The molecule has 0 atom stereocenters. The molecule has 6 nitrogen and oxygen atoms in total. The van der Waals surface area contributed by atoms with Crippen LogP contribution in [0.4, 0.5) is 0 Å². The molecule has 20 heavy (non-hydrogen) atoms.